The summed E-state index contributed by atoms with van der Waals surface area (Å²) in [6.07, 6.45) is 0. The molecule has 4 aromatic rings. The maximum absolute atomic E-state index is 13.3. The molecule has 0 aliphatic carbocycles. The summed E-state index contributed by atoms with van der Waals surface area (Å²) < 4.78 is 18.8. The van der Waals surface area contributed by atoms with E-state index in [9.17, 15) is 9.18 Å². The Morgan fingerprint density at radius 2 is 1.86 bits per heavy atom. The van der Waals surface area contributed by atoms with Gasteiger partial charge in [0.15, 0.2) is 0 Å². The van der Waals surface area contributed by atoms with E-state index in [1.807, 2.05) is 44.2 Å². The van der Waals surface area contributed by atoms with Crippen molar-refractivity contribution >= 4 is 16.8 Å². The van der Waals surface area contributed by atoms with Crippen LogP contribution in [-0.4, -0.2) is 10.9 Å². The Bertz CT molecular complexity index is 1160. The van der Waals surface area contributed by atoms with Crippen molar-refractivity contribution < 1.29 is 13.6 Å². The second-order valence-electron chi connectivity index (χ2n) is 6.71. The topological polar surface area (TPSA) is 55.1 Å². The number of hydrogen-bond donors (Lipinski definition) is 1. The molecule has 140 valence electrons. The third-order valence-electron chi connectivity index (χ3n) is 4.59. The number of hydrogen-bond acceptors (Lipinski definition) is 3. The van der Waals surface area contributed by atoms with Gasteiger partial charge in [-0.3, -0.25) is 9.78 Å². The molecule has 4 nitrogen and oxygen atoms in total. The molecule has 0 bridgehead atoms. The van der Waals surface area contributed by atoms with Gasteiger partial charge in [-0.1, -0.05) is 30.3 Å². The highest BCUT2D eigenvalue weighted by Crippen LogP contribution is 2.30. The first kappa shape index (κ1) is 17.9. The van der Waals surface area contributed by atoms with Crippen LogP contribution in [0.4, 0.5) is 4.39 Å². The molecule has 5 heteroatoms. The molecule has 0 spiro atoms. The highest BCUT2D eigenvalue weighted by atomic mass is 19.1. The largest absolute Gasteiger partial charge is 0.465 e. The summed E-state index contributed by atoms with van der Waals surface area (Å²) >= 11 is 0. The summed E-state index contributed by atoms with van der Waals surface area (Å²) in [7, 11) is 0. The van der Waals surface area contributed by atoms with Gasteiger partial charge in [-0.15, -0.1) is 0 Å². The molecule has 0 fully saturated rings. The van der Waals surface area contributed by atoms with E-state index in [0.29, 0.717) is 23.4 Å². The molecular weight excluding hydrogens is 355 g/mol. The van der Waals surface area contributed by atoms with Crippen LogP contribution >= 0.6 is 0 Å². The van der Waals surface area contributed by atoms with Crippen LogP contribution in [0.2, 0.25) is 0 Å². The third kappa shape index (κ3) is 3.51. The van der Waals surface area contributed by atoms with Gasteiger partial charge in [0.1, 0.15) is 17.3 Å². The summed E-state index contributed by atoms with van der Waals surface area (Å²) in [4.78, 5) is 17.5. The second-order valence-corrected chi connectivity index (χ2v) is 6.71. The lowest BCUT2D eigenvalue weighted by Gasteiger charge is -2.12. The van der Waals surface area contributed by atoms with Crippen molar-refractivity contribution in [3.8, 4) is 11.1 Å². The number of rotatable bonds is 4. The Kier molecular flexibility index (Phi) is 4.65. The first-order valence-corrected chi connectivity index (χ1v) is 9.01. The van der Waals surface area contributed by atoms with Gasteiger partial charge in [0.05, 0.1) is 17.6 Å². The predicted molar refractivity (Wildman–Crippen MR) is 106 cm³/mol. The van der Waals surface area contributed by atoms with Crippen LogP contribution in [0.5, 0.6) is 0 Å². The molecule has 0 unspecified atom stereocenters. The highest BCUT2D eigenvalue weighted by Gasteiger charge is 2.15. The number of fused-ring (bicyclic) bond motifs is 1. The number of nitrogens with zero attached hydrogens (tertiary/aromatic N) is 1. The molecule has 1 amide bonds. The van der Waals surface area contributed by atoms with Gasteiger partial charge < -0.3 is 9.73 Å². The standard InChI is InChI=1S/C23H19FN2O2/c1-14-12-21(23(27)25-13-18-11-6-15(2)28-18)20-5-3-4-19(22(20)26-14)16-7-9-17(24)10-8-16/h3-12H,13H2,1-2H3,(H,25,27). The zero-order valence-corrected chi connectivity index (χ0v) is 15.6. The van der Waals surface area contributed by atoms with Gasteiger partial charge in [0.2, 0.25) is 0 Å². The van der Waals surface area contributed by atoms with Crippen LogP contribution in [0.1, 0.15) is 27.6 Å². The Balaban J connectivity index is 1.73. The van der Waals surface area contributed by atoms with Crippen LogP contribution in [0.25, 0.3) is 22.0 Å². The molecule has 4 rings (SSSR count). The predicted octanol–water partition coefficient (Wildman–Crippen LogP) is 5.18. The summed E-state index contributed by atoms with van der Waals surface area (Å²) in [6.45, 7) is 4.03. The van der Waals surface area contributed by atoms with Crippen LogP contribution in [0, 0.1) is 19.7 Å². The number of aryl methyl sites for hydroxylation is 2. The number of benzene rings is 2. The number of amides is 1. The molecule has 0 saturated carbocycles. The van der Waals surface area contributed by atoms with Crippen molar-refractivity contribution in [1.82, 2.24) is 10.3 Å². The number of pyridine rings is 1. The van der Waals surface area contributed by atoms with E-state index >= 15 is 0 Å². The summed E-state index contributed by atoms with van der Waals surface area (Å²) in [5.41, 5.74) is 3.71. The fourth-order valence-corrected chi connectivity index (χ4v) is 3.27. The lowest BCUT2D eigenvalue weighted by molar-refractivity contribution is 0.0949. The monoisotopic (exact) mass is 374 g/mol. The molecule has 2 heterocycles. The fraction of sp³-hybridized carbons (Fsp3) is 0.130. The molecule has 0 atom stereocenters. The number of furan rings is 1. The molecule has 0 aliphatic rings. The fourth-order valence-electron chi connectivity index (χ4n) is 3.27. The third-order valence-corrected chi connectivity index (χ3v) is 4.59. The SMILES string of the molecule is Cc1cc(C(=O)NCc2ccc(C)o2)c2cccc(-c3ccc(F)cc3)c2n1. The number of para-hydroxylation sites is 1. The van der Waals surface area contributed by atoms with Crippen molar-refractivity contribution in [3.05, 3.63) is 89.3 Å². The van der Waals surface area contributed by atoms with Crippen molar-refractivity contribution in [2.45, 2.75) is 20.4 Å². The number of nitrogens with one attached hydrogen (secondary N) is 1. The zero-order valence-electron chi connectivity index (χ0n) is 15.6. The Hall–Kier alpha value is -3.47. The smallest absolute Gasteiger partial charge is 0.252 e. The maximum Gasteiger partial charge on any atom is 0.252 e. The van der Waals surface area contributed by atoms with Gasteiger partial charge in [0, 0.05) is 16.6 Å². The summed E-state index contributed by atoms with van der Waals surface area (Å²) in [5, 5.41) is 3.66. The van der Waals surface area contributed by atoms with Gasteiger partial charge in [-0.2, -0.15) is 0 Å². The van der Waals surface area contributed by atoms with Crippen LogP contribution in [-0.2, 0) is 6.54 Å². The lowest BCUT2D eigenvalue weighted by Crippen LogP contribution is -2.23. The van der Waals surface area contributed by atoms with Crippen LogP contribution < -0.4 is 5.32 Å². The van der Waals surface area contributed by atoms with E-state index < -0.39 is 0 Å². The van der Waals surface area contributed by atoms with Crippen LogP contribution in [0.3, 0.4) is 0 Å². The van der Waals surface area contributed by atoms with Gasteiger partial charge in [0.25, 0.3) is 5.91 Å². The molecule has 2 aromatic carbocycles. The molecule has 1 N–H and O–H groups in total. The zero-order chi connectivity index (χ0) is 19.7. The summed E-state index contributed by atoms with van der Waals surface area (Å²) in [5.74, 6) is 1.02. The van der Waals surface area contributed by atoms with Crippen molar-refractivity contribution in [1.29, 1.82) is 0 Å². The Morgan fingerprint density at radius 3 is 2.57 bits per heavy atom. The summed E-state index contributed by atoms with van der Waals surface area (Å²) in [6, 6.07) is 17.4. The lowest BCUT2D eigenvalue weighted by atomic mass is 9.98. The molecule has 0 aliphatic heterocycles. The second kappa shape index (κ2) is 7.27. The van der Waals surface area contributed by atoms with E-state index in [4.69, 9.17) is 4.42 Å². The molecule has 0 saturated heterocycles. The van der Waals surface area contributed by atoms with Gasteiger partial charge in [-0.25, -0.2) is 4.39 Å². The number of halogens is 1. The number of carbonyl (C=O) groups is 1. The molecule has 2 aromatic heterocycles. The first-order chi connectivity index (χ1) is 13.5. The minimum Gasteiger partial charge on any atom is -0.465 e. The average Bonchev–Trinajstić information content (AvgIpc) is 3.11. The van der Waals surface area contributed by atoms with E-state index in [1.54, 1.807) is 18.2 Å². The normalized spacial score (nSPS) is 11.0. The van der Waals surface area contributed by atoms with E-state index in [-0.39, 0.29) is 11.7 Å². The van der Waals surface area contributed by atoms with Crippen LogP contribution in [0.15, 0.2) is 65.1 Å². The Morgan fingerprint density at radius 1 is 1.07 bits per heavy atom. The van der Waals surface area contributed by atoms with E-state index in [0.717, 1.165) is 28.0 Å². The molecular formula is C23H19FN2O2. The maximum atomic E-state index is 13.3. The quantitative estimate of drug-likeness (QED) is 0.535. The van der Waals surface area contributed by atoms with Gasteiger partial charge >= 0.3 is 0 Å². The van der Waals surface area contributed by atoms with E-state index in [2.05, 4.69) is 10.3 Å². The average molecular weight is 374 g/mol. The van der Waals surface area contributed by atoms with Crippen molar-refractivity contribution in [2.75, 3.05) is 0 Å². The minimum atomic E-state index is -0.290. The molecule has 28 heavy (non-hydrogen) atoms. The van der Waals surface area contributed by atoms with Crippen molar-refractivity contribution in [3.63, 3.8) is 0 Å². The highest BCUT2D eigenvalue weighted by molar-refractivity contribution is 6.09. The van der Waals surface area contributed by atoms with Gasteiger partial charge in [-0.05, 0) is 49.7 Å². The Labute approximate surface area is 162 Å². The van der Waals surface area contributed by atoms with Crippen molar-refractivity contribution in [2.24, 2.45) is 0 Å². The first-order valence-electron chi connectivity index (χ1n) is 9.01. The molecule has 0 radical (unpaired) electrons. The van der Waals surface area contributed by atoms with E-state index in [1.165, 1.54) is 12.1 Å². The number of aromatic nitrogens is 1. The number of carbonyl (C=O) groups excluding carboxylic acids is 1. The minimum absolute atomic E-state index is 0.194.